The van der Waals surface area contributed by atoms with Crippen molar-refractivity contribution in [1.29, 1.82) is 0 Å². The lowest BCUT2D eigenvalue weighted by Crippen LogP contribution is -2.35. The molecule has 1 heterocycles. The molecule has 0 bridgehead atoms. The van der Waals surface area contributed by atoms with Crippen LogP contribution in [0.5, 0.6) is 0 Å². The molecule has 1 fully saturated rings. The first-order valence-corrected chi connectivity index (χ1v) is 6.92. The molecule has 1 unspecified atom stereocenters. The molecule has 0 amide bonds. The van der Waals surface area contributed by atoms with Crippen molar-refractivity contribution in [2.24, 2.45) is 5.92 Å². The Balaban J connectivity index is 1.90. The van der Waals surface area contributed by atoms with E-state index in [4.69, 9.17) is 5.73 Å². The van der Waals surface area contributed by atoms with Crippen LogP contribution < -0.4 is 11.1 Å². The Kier molecular flexibility index (Phi) is 4.29. The third kappa shape index (κ3) is 3.61. The minimum Gasteiger partial charge on any atom is -0.397 e. The Morgan fingerprint density at radius 3 is 3.12 bits per heavy atom. The highest BCUT2D eigenvalue weighted by molar-refractivity contribution is 9.10. The third-order valence-corrected chi connectivity index (χ3v) is 3.81. The van der Waals surface area contributed by atoms with Gasteiger partial charge in [0.25, 0.3) is 0 Å². The van der Waals surface area contributed by atoms with Gasteiger partial charge in [0.1, 0.15) is 0 Å². The Morgan fingerprint density at radius 1 is 1.53 bits per heavy atom. The summed E-state index contributed by atoms with van der Waals surface area (Å²) < 4.78 is 1.06. The molecule has 3 nitrogen and oxygen atoms in total. The van der Waals surface area contributed by atoms with Crippen molar-refractivity contribution in [2.75, 3.05) is 37.7 Å². The number of hydrogen-bond donors (Lipinski definition) is 2. The number of anilines is 2. The van der Waals surface area contributed by atoms with E-state index < -0.39 is 0 Å². The fourth-order valence-corrected chi connectivity index (χ4v) is 2.74. The van der Waals surface area contributed by atoms with Crippen molar-refractivity contribution in [2.45, 2.75) is 12.8 Å². The lowest BCUT2D eigenvalue weighted by molar-refractivity contribution is 0.217. The predicted molar refractivity (Wildman–Crippen MR) is 77.3 cm³/mol. The molecule has 0 saturated carbocycles. The number of halogens is 1. The predicted octanol–water partition coefficient (Wildman–Crippen LogP) is 2.79. The highest BCUT2D eigenvalue weighted by atomic mass is 79.9. The van der Waals surface area contributed by atoms with E-state index in [-0.39, 0.29) is 0 Å². The molecule has 3 N–H and O–H groups in total. The summed E-state index contributed by atoms with van der Waals surface area (Å²) in [6, 6.07) is 5.94. The summed E-state index contributed by atoms with van der Waals surface area (Å²) in [4.78, 5) is 2.40. The van der Waals surface area contributed by atoms with Crippen LogP contribution in [0.1, 0.15) is 12.8 Å². The normalized spacial score (nSPS) is 21.4. The van der Waals surface area contributed by atoms with Crippen molar-refractivity contribution in [3.05, 3.63) is 22.7 Å². The van der Waals surface area contributed by atoms with E-state index in [1.54, 1.807) is 0 Å². The average Bonchev–Trinajstić information content (AvgIpc) is 2.30. The largest absolute Gasteiger partial charge is 0.397 e. The van der Waals surface area contributed by atoms with Crippen LogP contribution in [-0.4, -0.2) is 31.6 Å². The molecule has 94 valence electrons. The first kappa shape index (κ1) is 12.7. The third-order valence-electron chi connectivity index (χ3n) is 3.32. The van der Waals surface area contributed by atoms with Crippen molar-refractivity contribution in [3.63, 3.8) is 0 Å². The minimum atomic E-state index is 0.729. The first-order valence-electron chi connectivity index (χ1n) is 6.12. The highest BCUT2D eigenvalue weighted by Gasteiger charge is 2.16. The van der Waals surface area contributed by atoms with Gasteiger partial charge in [0.15, 0.2) is 0 Å². The van der Waals surface area contributed by atoms with Crippen molar-refractivity contribution in [1.82, 2.24) is 4.90 Å². The number of benzene rings is 1. The summed E-state index contributed by atoms with van der Waals surface area (Å²) in [5.74, 6) is 0.729. The molecule has 0 radical (unpaired) electrons. The second-order valence-electron chi connectivity index (χ2n) is 4.88. The van der Waals surface area contributed by atoms with E-state index in [0.29, 0.717) is 0 Å². The summed E-state index contributed by atoms with van der Waals surface area (Å²) in [5.41, 5.74) is 7.79. The maximum Gasteiger partial charge on any atom is 0.0585 e. The average molecular weight is 298 g/mol. The maximum absolute atomic E-state index is 5.94. The van der Waals surface area contributed by atoms with E-state index >= 15 is 0 Å². The lowest BCUT2D eigenvalue weighted by Gasteiger charge is -2.30. The Hall–Kier alpha value is -0.740. The van der Waals surface area contributed by atoms with Gasteiger partial charge in [-0.15, -0.1) is 0 Å². The molecule has 4 heteroatoms. The van der Waals surface area contributed by atoms with Crippen LogP contribution in [0, 0.1) is 5.92 Å². The fourth-order valence-electron chi connectivity index (χ4n) is 2.38. The summed E-state index contributed by atoms with van der Waals surface area (Å²) in [6.07, 6.45) is 2.61. The quantitative estimate of drug-likeness (QED) is 0.843. The Morgan fingerprint density at radius 2 is 2.35 bits per heavy atom. The van der Waals surface area contributed by atoms with Crippen LogP contribution in [0.25, 0.3) is 0 Å². The molecule has 1 atom stereocenters. The lowest BCUT2D eigenvalue weighted by atomic mass is 9.98. The Bertz CT molecular complexity index is 381. The van der Waals surface area contributed by atoms with Gasteiger partial charge in [-0.1, -0.05) is 15.9 Å². The summed E-state index contributed by atoms with van der Waals surface area (Å²) in [5, 5.41) is 3.46. The van der Waals surface area contributed by atoms with E-state index in [1.165, 1.54) is 25.9 Å². The molecular weight excluding hydrogens is 278 g/mol. The number of nitrogens with zero attached hydrogens (tertiary/aromatic N) is 1. The van der Waals surface area contributed by atoms with Crippen LogP contribution >= 0.6 is 15.9 Å². The van der Waals surface area contributed by atoms with Crippen molar-refractivity contribution in [3.8, 4) is 0 Å². The molecular formula is C13H20BrN3. The molecule has 0 aromatic heterocycles. The second kappa shape index (κ2) is 5.74. The van der Waals surface area contributed by atoms with Gasteiger partial charge in [-0.2, -0.15) is 0 Å². The van der Waals surface area contributed by atoms with Gasteiger partial charge in [0, 0.05) is 17.6 Å². The zero-order chi connectivity index (χ0) is 12.3. The molecule has 0 spiro atoms. The van der Waals surface area contributed by atoms with Crippen molar-refractivity contribution >= 4 is 27.3 Å². The van der Waals surface area contributed by atoms with Gasteiger partial charge in [-0.05, 0) is 50.6 Å². The number of rotatable bonds is 3. The van der Waals surface area contributed by atoms with Gasteiger partial charge in [-0.3, -0.25) is 0 Å². The van der Waals surface area contributed by atoms with Gasteiger partial charge < -0.3 is 16.0 Å². The summed E-state index contributed by atoms with van der Waals surface area (Å²) in [7, 11) is 2.19. The van der Waals surface area contributed by atoms with Gasteiger partial charge >= 0.3 is 0 Å². The highest BCUT2D eigenvalue weighted by Crippen LogP contribution is 2.24. The molecule has 1 saturated heterocycles. The molecule has 1 aromatic carbocycles. The van der Waals surface area contributed by atoms with Gasteiger partial charge in [-0.25, -0.2) is 0 Å². The molecule has 17 heavy (non-hydrogen) atoms. The van der Waals surface area contributed by atoms with Crippen LogP contribution in [0.3, 0.4) is 0 Å². The molecule has 1 aliphatic rings. The van der Waals surface area contributed by atoms with E-state index in [1.807, 2.05) is 18.2 Å². The van der Waals surface area contributed by atoms with Crippen LogP contribution in [-0.2, 0) is 0 Å². The van der Waals surface area contributed by atoms with Gasteiger partial charge in [0.2, 0.25) is 0 Å². The standard InChI is InChI=1S/C13H20BrN3/c1-17-6-2-3-10(9-17)8-16-13-7-11(14)4-5-12(13)15/h4-5,7,10,16H,2-3,6,8-9,15H2,1H3. The minimum absolute atomic E-state index is 0.729. The van der Waals surface area contributed by atoms with Crippen LogP contribution in [0.4, 0.5) is 11.4 Å². The first-order chi connectivity index (χ1) is 8.15. The zero-order valence-electron chi connectivity index (χ0n) is 10.2. The summed E-state index contributed by atoms with van der Waals surface area (Å²) in [6.45, 7) is 3.42. The SMILES string of the molecule is CN1CCCC(CNc2cc(Br)ccc2N)C1. The Labute approximate surface area is 111 Å². The molecule has 1 aromatic rings. The molecule has 0 aliphatic carbocycles. The van der Waals surface area contributed by atoms with Gasteiger partial charge in [0.05, 0.1) is 11.4 Å². The van der Waals surface area contributed by atoms with Crippen LogP contribution in [0.2, 0.25) is 0 Å². The van der Waals surface area contributed by atoms with E-state index in [9.17, 15) is 0 Å². The number of nitrogen functional groups attached to an aromatic ring is 1. The maximum atomic E-state index is 5.94. The van der Waals surface area contributed by atoms with Crippen molar-refractivity contribution < 1.29 is 0 Å². The fraction of sp³-hybridized carbons (Fsp3) is 0.538. The molecule has 2 rings (SSSR count). The number of nitrogens with two attached hydrogens (primary N) is 1. The molecule has 1 aliphatic heterocycles. The van der Waals surface area contributed by atoms with Crippen LogP contribution in [0.15, 0.2) is 22.7 Å². The topological polar surface area (TPSA) is 41.3 Å². The number of hydrogen-bond acceptors (Lipinski definition) is 3. The summed E-state index contributed by atoms with van der Waals surface area (Å²) >= 11 is 3.47. The number of likely N-dealkylation sites (tertiary alicyclic amines) is 1. The number of piperidine rings is 1. The zero-order valence-corrected chi connectivity index (χ0v) is 11.8. The second-order valence-corrected chi connectivity index (χ2v) is 5.80. The number of nitrogens with one attached hydrogen (secondary N) is 1. The smallest absolute Gasteiger partial charge is 0.0585 e. The van der Waals surface area contributed by atoms with E-state index in [2.05, 4.69) is 33.2 Å². The van der Waals surface area contributed by atoms with E-state index in [0.717, 1.165) is 28.3 Å². The monoisotopic (exact) mass is 297 g/mol.